The van der Waals surface area contributed by atoms with Crippen LogP contribution in [0.4, 0.5) is 5.13 Å². The van der Waals surface area contributed by atoms with Crippen molar-refractivity contribution in [1.29, 1.82) is 0 Å². The van der Waals surface area contributed by atoms with Crippen molar-refractivity contribution in [3.05, 3.63) is 46.7 Å². The summed E-state index contributed by atoms with van der Waals surface area (Å²) in [6.07, 6.45) is 1.04. The van der Waals surface area contributed by atoms with Gasteiger partial charge in [0.15, 0.2) is 0 Å². The number of benzene rings is 1. The molecule has 2 aromatic heterocycles. The predicted octanol–water partition coefficient (Wildman–Crippen LogP) is 4.16. The lowest BCUT2D eigenvalue weighted by Gasteiger charge is -2.21. The maximum absolute atomic E-state index is 12.5. The number of anilines is 1. The van der Waals surface area contributed by atoms with Crippen LogP contribution >= 0.6 is 22.7 Å². The molecule has 0 aliphatic carbocycles. The smallest absolute Gasteiger partial charge is 0.263 e. The van der Waals surface area contributed by atoms with Gasteiger partial charge in [-0.2, -0.15) is 0 Å². The van der Waals surface area contributed by atoms with Gasteiger partial charge < -0.3 is 15.0 Å². The molecule has 9 heteroatoms. The van der Waals surface area contributed by atoms with Gasteiger partial charge in [-0.3, -0.25) is 9.59 Å². The minimum absolute atomic E-state index is 0.0349. The highest BCUT2D eigenvalue weighted by Gasteiger charge is 2.17. The number of rotatable bonds is 9. The van der Waals surface area contributed by atoms with Gasteiger partial charge in [-0.05, 0) is 42.1 Å². The van der Waals surface area contributed by atoms with Crippen LogP contribution in [0, 0.1) is 0 Å². The summed E-state index contributed by atoms with van der Waals surface area (Å²) in [5, 5.41) is 14.0. The van der Waals surface area contributed by atoms with E-state index in [0.29, 0.717) is 28.1 Å². The molecule has 0 aliphatic rings. The van der Waals surface area contributed by atoms with Crippen molar-refractivity contribution in [3.8, 4) is 16.3 Å². The third kappa shape index (κ3) is 5.61. The van der Waals surface area contributed by atoms with Gasteiger partial charge in [-0.1, -0.05) is 24.3 Å². The van der Waals surface area contributed by atoms with Crippen molar-refractivity contribution in [2.45, 2.75) is 19.8 Å². The molecule has 3 rings (SSSR count). The number of nitrogens with one attached hydrogen (secondary N) is 1. The standard InChI is InChI=1S/C20H22N4O3S2/c1-3-11-24(19(26)16-5-4-13-28-16)12-10-17(25)21-20-23-22-18(29-20)14-6-8-15(27-2)9-7-14/h4-9,13H,3,10-12H2,1-2H3,(H,21,23,25). The van der Waals surface area contributed by atoms with E-state index in [4.69, 9.17) is 4.74 Å². The number of hydrogen-bond acceptors (Lipinski definition) is 7. The molecule has 7 nitrogen and oxygen atoms in total. The Morgan fingerprint density at radius 2 is 1.93 bits per heavy atom. The van der Waals surface area contributed by atoms with Crippen LogP contribution in [0.3, 0.4) is 0 Å². The van der Waals surface area contributed by atoms with E-state index in [-0.39, 0.29) is 18.2 Å². The zero-order valence-electron chi connectivity index (χ0n) is 16.3. The summed E-state index contributed by atoms with van der Waals surface area (Å²) in [5.41, 5.74) is 0.902. The highest BCUT2D eigenvalue weighted by molar-refractivity contribution is 7.18. The summed E-state index contributed by atoms with van der Waals surface area (Å²) < 4.78 is 5.15. The molecule has 1 N–H and O–H groups in total. The first-order valence-electron chi connectivity index (χ1n) is 9.21. The summed E-state index contributed by atoms with van der Waals surface area (Å²) >= 11 is 2.71. The van der Waals surface area contributed by atoms with E-state index >= 15 is 0 Å². The molecule has 0 aliphatic heterocycles. The van der Waals surface area contributed by atoms with E-state index in [1.807, 2.05) is 42.6 Å². The third-order valence-corrected chi connectivity index (χ3v) is 5.88. The van der Waals surface area contributed by atoms with Crippen LogP contribution < -0.4 is 10.1 Å². The second kappa shape index (κ2) is 10.1. The zero-order valence-corrected chi connectivity index (χ0v) is 17.9. The monoisotopic (exact) mass is 430 g/mol. The van der Waals surface area contributed by atoms with E-state index in [9.17, 15) is 9.59 Å². The number of aromatic nitrogens is 2. The van der Waals surface area contributed by atoms with Crippen molar-refractivity contribution in [2.75, 3.05) is 25.5 Å². The minimum atomic E-state index is -0.192. The molecule has 3 aromatic rings. The van der Waals surface area contributed by atoms with Crippen molar-refractivity contribution in [3.63, 3.8) is 0 Å². The highest BCUT2D eigenvalue weighted by Crippen LogP contribution is 2.27. The van der Waals surface area contributed by atoms with Crippen LogP contribution in [0.2, 0.25) is 0 Å². The van der Waals surface area contributed by atoms with E-state index in [1.165, 1.54) is 22.7 Å². The number of methoxy groups -OCH3 is 1. The fourth-order valence-electron chi connectivity index (χ4n) is 2.68. The number of hydrogen-bond donors (Lipinski definition) is 1. The lowest BCUT2D eigenvalue weighted by Crippen LogP contribution is -2.34. The molecule has 2 amide bonds. The lowest BCUT2D eigenvalue weighted by atomic mass is 10.2. The third-order valence-electron chi connectivity index (χ3n) is 4.13. The van der Waals surface area contributed by atoms with E-state index in [1.54, 1.807) is 18.1 Å². The summed E-state index contributed by atoms with van der Waals surface area (Å²) in [6, 6.07) is 11.1. The molecule has 152 valence electrons. The van der Waals surface area contributed by atoms with E-state index in [2.05, 4.69) is 15.5 Å². The average molecular weight is 431 g/mol. The molecule has 29 heavy (non-hydrogen) atoms. The topological polar surface area (TPSA) is 84.4 Å². The second-order valence-electron chi connectivity index (χ2n) is 6.21. The van der Waals surface area contributed by atoms with Gasteiger partial charge in [0, 0.05) is 25.1 Å². The molecular formula is C20H22N4O3S2. The van der Waals surface area contributed by atoms with Crippen LogP contribution in [-0.4, -0.2) is 47.1 Å². The van der Waals surface area contributed by atoms with Crippen molar-refractivity contribution in [1.82, 2.24) is 15.1 Å². The number of amides is 2. The number of thiophene rings is 1. The van der Waals surface area contributed by atoms with Gasteiger partial charge in [0.05, 0.1) is 12.0 Å². The molecule has 0 saturated carbocycles. The van der Waals surface area contributed by atoms with Crippen molar-refractivity contribution >= 4 is 39.6 Å². The molecule has 0 radical (unpaired) electrons. The Hall–Kier alpha value is -2.78. The number of nitrogens with zero attached hydrogens (tertiary/aromatic N) is 3. The molecule has 0 bridgehead atoms. The first-order chi connectivity index (χ1) is 14.1. The van der Waals surface area contributed by atoms with Crippen molar-refractivity contribution in [2.24, 2.45) is 0 Å². The van der Waals surface area contributed by atoms with Gasteiger partial charge in [-0.25, -0.2) is 0 Å². The lowest BCUT2D eigenvalue weighted by molar-refractivity contribution is -0.116. The maximum atomic E-state index is 12.5. The molecule has 0 saturated heterocycles. The fourth-order valence-corrected chi connectivity index (χ4v) is 4.14. The molecule has 0 atom stereocenters. The normalized spacial score (nSPS) is 10.6. The molecule has 0 fully saturated rings. The highest BCUT2D eigenvalue weighted by atomic mass is 32.1. The Bertz CT molecular complexity index is 939. The fraction of sp³-hybridized carbons (Fsp3) is 0.300. The number of carbonyl (C=O) groups is 2. The summed E-state index contributed by atoms with van der Waals surface area (Å²) in [6.45, 7) is 2.99. The van der Waals surface area contributed by atoms with Gasteiger partial charge >= 0.3 is 0 Å². The second-order valence-corrected chi connectivity index (χ2v) is 8.13. The molecule has 1 aromatic carbocycles. The van der Waals surface area contributed by atoms with E-state index in [0.717, 1.165) is 17.7 Å². The maximum Gasteiger partial charge on any atom is 0.263 e. The Labute approximate surface area is 177 Å². The van der Waals surface area contributed by atoms with Gasteiger partial charge in [0.2, 0.25) is 11.0 Å². The average Bonchev–Trinajstić information content (AvgIpc) is 3.43. The predicted molar refractivity (Wildman–Crippen MR) is 116 cm³/mol. The van der Waals surface area contributed by atoms with Gasteiger partial charge in [-0.15, -0.1) is 21.5 Å². The number of carbonyl (C=O) groups excluding carboxylic acids is 2. The first kappa shape index (κ1) is 20.9. The Kier molecular flexibility index (Phi) is 7.31. The minimum Gasteiger partial charge on any atom is -0.497 e. The Morgan fingerprint density at radius 3 is 2.59 bits per heavy atom. The van der Waals surface area contributed by atoms with Crippen molar-refractivity contribution < 1.29 is 14.3 Å². The summed E-state index contributed by atoms with van der Waals surface area (Å²) in [7, 11) is 1.61. The largest absolute Gasteiger partial charge is 0.497 e. The van der Waals surface area contributed by atoms with Crippen LogP contribution in [0.5, 0.6) is 5.75 Å². The van der Waals surface area contributed by atoms with Crippen LogP contribution in [0.1, 0.15) is 29.4 Å². The molecular weight excluding hydrogens is 408 g/mol. The zero-order chi connectivity index (χ0) is 20.6. The SMILES string of the molecule is CCCN(CCC(=O)Nc1nnc(-c2ccc(OC)cc2)s1)C(=O)c1cccs1. The van der Waals surface area contributed by atoms with Crippen LogP contribution in [-0.2, 0) is 4.79 Å². The summed E-state index contributed by atoms with van der Waals surface area (Å²) in [4.78, 5) is 27.3. The van der Waals surface area contributed by atoms with Crippen LogP contribution in [0.15, 0.2) is 41.8 Å². The summed E-state index contributed by atoms with van der Waals surface area (Å²) in [5.74, 6) is 0.537. The Morgan fingerprint density at radius 1 is 1.14 bits per heavy atom. The van der Waals surface area contributed by atoms with Crippen LogP contribution in [0.25, 0.3) is 10.6 Å². The van der Waals surface area contributed by atoms with Gasteiger partial charge in [0.25, 0.3) is 5.91 Å². The molecule has 0 spiro atoms. The van der Waals surface area contributed by atoms with Gasteiger partial charge in [0.1, 0.15) is 10.8 Å². The first-order valence-corrected chi connectivity index (χ1v) is 10.9. The van der Waals surface area contributed by atoms with E-state index < -0.39 is 0 Å². The quantitative estimate of drug-likeness (QED) is 0.551. The number of ether oxygens (including phenoxy) is 1. The molecule has 2 heterocycles. The Balaban J connectivity index is 1.56. The molecule has 0 unspecified atom stereocenters.